The number of benzene rings is 2. The molecule has 4 rings (SSSR count). The second-order valence-electron chi connectivity index (χ2n) is 10.3. The average Bonchev–Trinajstić information content (AvgIpc) is 3.29. The Morgan fingerprint density at radius 3 is 1.40 bits per heavy atom. The molecular formula is C29H34N2O8S. The third-order valence-corrected chi connectivity index (χ3v) is 9.52. The van der Waals surface area contributed by atoms with Gasteiger partial charge in [0, 0.05) is 30.3 Å². The lowest BCUT2D eigenvalue weighted by Crippen LogP contribution is -2.35. The first-order valence-corrected chi connectivity index (χ1v) is 14.9. The zero-order chi connectivity index (χ0) is 29.8. The molecule has 2 aromatic rings. The number of ether oxygens (including phenoxy) is 2. The van der Waals surface area contributed by atoms with Crippen LogP contribution in [0.1, 0.15) is 88.2 Å². The molecule has 0 aromatic heterocycles. The van der Waals surface area contributed by atoms with Crippen LogP contribution >= 0.6 is 0 Å². The van der Waals surface area contributed by atoms with Crippen molar-refractivity contribution in [3.8, 4) is 11.5 Å². The molecule has 2 aliphatic rings. The average molecular weight is 571 g/mol. The van der Waals surface area contributed by atoms with Gasteiger partial charge in [0.1, 0.15) is 17.4 Å². The predicted octanol–water partition coefficient (Wildman–Crippen LogP) is 3.60. The van der Waals surface area contributed by atoms with E-state index in [0.717, 1.165) is 20.9 Å². The van der Waals surface area contributed by atoms with Gasteiger partial charge in [-0.1, -0.05) is 6.92 Å². The van der Waals surface area contributed by atoms with E-state index in [2.05, 4.69) is 0 Å². The Bertz CT molecular complexity index is 1610. The Labute approximate surface area is 234 Å². The van der Waals surface area contributed by atoms with Crippen LogP contribution < -0.4 is 9.47 Å². The molecule has 0 unspecified atom stereocenters. The molecule has 2 aliphatic heterocycles. The minimum Gasteiger partial charge on any atom is -0.493 e. The van der Waals surface area contributed by atoms with Crippen molar-refractivity contribution in [3.63, 3.8) is 0 Å². The van der Waals surface area contributed by atoms with Crippen LogP contribution in [-0.2, 0) is 9.84 Å². The number of hydrogen-bond acceptors (Lipinski definition) is 8. The Kier molecular flexibility index (Phi) is 7.57. The van der Waals surface area contributed by atoms with Crippen LogP contribution in [0.2, 0.25) is 0 Å². The molecule has 0 radical (unpaired) electrons. The number of imide groups is 2. The lowest BCUT2D eigenvalue weighted by atomic mass is 9.93. The summed E-state index contributed by atoms with van der Waals surface area (Å²) in [5.41, 5.74) is 5.10. The van der Waals surface area contributed by atoms with Crippen molar-refractivity contribution in [2.45, 2.75) is 54.9 Å². The van der Waals surface area contributed by atoms with Gasteiger partial charge in [-0.25, -0.2) is 8.42 Å². The van der Waals surface area contributed by atoms with Crippen LogP contribution in [0.5, 0.6) is 11.5 Å². The summed E-state index contributed by atoms with van der Waals surface area (Å²) in [5, 5.41) is 0. The maximum absolute atomic E-state index is 13.1. The van der Waals surface area contributed by atoms with E-state index in [1.165, 1.54) is 14.0 Å². The van der Waals surface area contributed by atoms with Crippen molar-refractivity contribution in [1.29, 1.82) is 0 Å². The molecule has 40 heavy (non-hydrogen) atoms. The fourth-order valence-corrected chi connectivity index (χ4v) is 6.17. The summed E-state index contributed by atoms with van der Waals surface area (Å²) in [6.45, 7) is 12.6. The molecule has 0 fully saturated rings. The highest BCUT2D eigenvalue weighted by Crippen LogP contribution is 2.39. The summed E-state index contributed by atoms with van der Waals surface area (Å²) < 4.78 is 36.4. The Morgan fingerprint density at radius 2 is 0.975 bits per heavy atom. The van der Waals surface area contributed by atoms with Crippen LogP contribution in [0.3, 0.4) is 0 Å². The van der Waals surface area contributed by atoms with Crippen LogP contribution in [0.4, 0.5) is 0 Å². The van der Waals surface area contributed by atoms with Gasteiger partial charge in [-0.3, -0.25) is 29.0 Å². The van der Waals surface area contributed by atoms with E-state index in [-0.39, 0.29) is 41.9 Å². The van der Waals surface area contributed by atoms with Gasteiger partial charge in [0.25, 0.3) is 23.6 Å². The molecule has 0 spiro atoms. The number of hydrogen-bond donors (Lipinski definition) is 0. The van der Waals surface area contributed by atoms with Crippen molar-refractivity contribution >= 4 is 33.5 Å². The molecule has 0 saturated heterocycles. The SMILES string of the molecule is CCS(=O)(=O)CN1C(=O)c2c(C)c(C)c(OCCCOc3c(C)c(C)c4c(c3C)C(=O)N(C)C4=O)c(C)c2C1=O. The summed E-state index contributed by atoms with van der Waals surface area (Å²) in [4.78, 5) is 53.2. The van der Waals surface area contributed by atoms with Crippen molar-refractivity contribution in [2.24, 2.45) is 0 Å². The minimum absolute atomic E-state index is 0.176. The molecule has 0 saturated carbocycles. The van der Waals surface area contributed by atoms with Gasteiger partial charge >= 0.3 is 0 Å². The fraction of sp³-hybridized carbons (Fsp3) is 0.448. The first-order valence-electron chi connectivity index (χ1n) is 13.1. The third-order valence-electron chi connectivity index (χ3n) is 7.99. The largest absolute Gasteiger partial charge is 0.493 e. The summed E-state index contributed by atoms with van der Waals surface area (Å²) in [5.74, 6) is -1.68. The number of sulfone groups is 1. The van der Waals surface area contributed by atoms with E-state index in [0.29, 0.717) is 51.3 Å². The highest BCUT2D eigenvalue weighted by molar-refractivity contribution is 7.91. The maximum Gasteiger partial charge on any atom is 0.262 e. The smallest absolute Gasteiger partial charge is 0.262 e. The summed E-state index contributed by atoms with van der Waals surface area (Å²) in [7, 11) is -2.13. The van der Waals surface area contributed by atoms with Crippen molar-refractivity contribution in [3.05, 3.63) is 55.6 Å². The number of nitrogens with zero attached hydrogens (tertiary/aromatic N) is 2. The van der Waals surface area contributed by atoms with Crippen LogP contribution in [0, 0.1) is 41.5 Å². The Morgan fingerprint density at radius 1 is 0.600 bits per heavy atom. The van der Waals surface area contributed by atoms with Crippen molar-refractivity contribution in [1.82, 2.24) is 9.80 Å². The molecule has 2 aromatic carbocycles. The van der Waals surface area contributed by atoms with E-state index in [1.807, 2.05) is 6.92 Å². The van der Waals surface area contributed by atoms with E-state index in [9.17, 15) is 27.6 Å². The zero-order valence-electron chi connectivity index (χ0n) is 24.1. The summed E-state index contributed by atoms with van der Waals surface area (Å²) >= 11 is 0. The van der Waals surface area contributed by atoms with Crippen LogP contribution in [0.15, 0.2) is 0 Å². The molecular weight excluding hydrogens is 536 g/mol. The van der Waals surface area contributed by atoms with Gasteiger partial charge in [0.2, 0.25) is 0 Å². The highest BCUT2D eigenvalue weighted by atomic mass is 32.2. The van der Waals surface area contributed by atoms with Gasteiger partial charge in [-0.2, -0.15) is 0 Å². The lowest BCUT2D eigenvalue weighted by molar-refractivity contribution is 0.0670. The molecule has 0 aliphatic carbocycles. The molecule has 2 heterocycles. The highest BCUT2D eigenvalue weighted by Gasteiger charge is 2.42. The molecule has 4 amide bonds. The second kappa shape index (κ2) is 10.3. The van der Waals surface area contributed by atoms with Gasteiger partial charge in [0.15, 0.2) is 9.84 Å². The predicted molar refractivity (Wildman–Crippen MR) is 148 cm³/mol. The quantitative estimate of drug-likeness (QED) is 0.331. The van der Waals surface area contributed by atoms with E-state index in [1.54, 1.807) is 34.6 Å². The van der Waals surface area contributed by atoms with Crippen molar-refractivity contribution < 1.29 is 37.1 Å². The molecule has 11 heteroatoms. The topological polar surface area (TPSA) is 127 Å². The van der Waals surface area contributed by atoms with Crippen LogP contribution in [-0.4, -0.2) is 73.7 Å². The first-order chi connectivity index (χ1) is 18.7. The van der Waals surface area contributed by atoms with Crippen molar-refractivity contribution in [2.75, 3.05) is 31.9 Å². The number of carbonyl (C=O) groups excluding carboxylic acids is 4. The monoisotopic (exact) mass is 570 g/mol. The lowest BCUT2D eigenvalue weighted by Gasteiger charge is -2.18. The second-order valence-corrected chi connectivity index (χ2v) is 12.7. The summed E-state index contributed by atoms with van der Waals surface area (Å²) in [6.07, 6.45) is 0.477. The van der Waals surface area contributed by atoms with E-state index >= 15 is 0 Å². The number of rotatable bonds is 9. The van der Waals surface area contributed by atoms with Crippen LogP contribution in [0.25, 0.3) is 0 Å². The molecule has 0 bridgehead atoms. The molecule has 10 nitrogen and oxygen atoms in total. The standard InChI is InChI=1S/C29H34N2O8S/c1-9-40(36,37)13-31-28(34)21-15(3)17(5)25(19(7)23(21)29(31)35)39-12-10-11-38-24-16(4)14(2)20-22(18(24)6)27(33)30(8)26(20)32/h9-13H2,1-8H3. The fourth-order valence-electron chi connectivity index (χ4n) is 5.36. The Hall–Kier alpha value is -3.73. The molecule has 214 valence electrons. The third kappa shape index (κ3) is 4.46. The van der Waals surface area contributed by atoms with Gasteiger partial charge in [0.05, 0.1) is 35.5 Å². The minimum atomic E-state index is -3.60. The van der Waals surface area contributed by atoms with E-state index in [4.69, 9.17) is 9.47 Å². The number of amides is 4. The molecule has 0 atom stereocenters. The molecule has 0 N–H and O–H groups in total. The van der Waals surface area contributed by atoms with Gasteiger partial charge in [-0.05, 0) is 63.8 Å². The van der Waals surface area contributed by atoms with Gasteiger partial charge in [-0.15, -0.1) is 0 Å². The normalized spacial score (nSPS) is 14.8. The van der Waals surface area contributed by atoms with Gasteiger partial charge < -0.3 is 9.47 Å². The Balaban J connectivity index is 1.50. The van der Waals surface area contributed by atoms with E-state index < -0.39 is 27.5 Å². The summed E-state index contributed by atoms with van der Waals surface area (Å²) in [6, 6.07) is 0. The number of carbonyl (C=O) groups is 4. The maximum atomic E-state index is 13.1. The number of fused-ring (bicyclic) bond motifs is 2. The zero-order valence-corrected chi connectivity index (χ0v) is 24.9. The first kappa shape index (κ1) is 29.3.